The van der Waals surface area contributed by atoms with Gasteiger partial charge in [0.1, 0.15) is 0 Å². The van der Waals surface area contributed by atoms with Crippen LogP contribution in [0.3, 0.4) is 0 Å². The summed E-state index contributed by atoms with van der Waals surface area (Å²) in [6.07, 6.45) is 4.84. The Morgan fingerprint density at radius 3 is 2.43 bits per heavy atom. The largest absolute Gasteiger partial charge is 0.336 e. The molecule has 0 bridgehead atoms. The van der Waals surface area contributed by atoms with Crippen LogP contribution in [0.2, 0.25) is 10.0 Å². The Kier molecular flexibility index (Phi) is 3.84. The zero-order valence-corrected chi connectivity index (χ0v) is 13.0. The number of urea groups is 1. The molecule has 1 heterocycles. The van der Waals surface area contributed by atoms with E-state index in [0.717, 1.165) is 32.1 Å². The van der Waals surface area contributed by atoms with Gasteiger partial charge in [0.15, 0.2) is 0 Å². The van der Waals surface area contributed by atoms with Crippen LogP contribution in [-0.2, 0) is 4.79 Å². The van der Waals surface area contributed by atoms with Crippen molar-refractivity contribution < 1.29 is 9.59 Å². The molecule has 1 saturated carbocycles. The van der Waals surface area contributed by atoms with E-state index in [9.17, 15) is 9.59 Å². The Morgan fingerprint density at radius 2 is 1.76 bits per heavy atom. The number of imide groups is 1. The quantitative estimate of drug-likeness (QED) is 0.847. The summed E-state index contributed by atoms with van der Waals surface area (Å²) in [5.74, 6) is -0.121. The maximum absolute atomic E-state index is 12.9. The van der Waals surface area contributed by atoms with E-state index < -0.39 is 11.4 Å². The molecule has 112 valence electrons. The summed E-state index contributed by atoms with van der Waals surface area (Å²) < 4.78 is 0. The van der Waals surface area contributed by atoms with Crippen LogP contribution in [0.4, 0.5) is 10.5 Å². The molecule has 0 aromatic heterocycles. The molecule has 2 aliphatic rings. The lowest BCUT2D eigenvalue weighted by Gasteiger charge is -2.43. The minimum Gasteiger partial charge on any atom is -0.336 e. The number of benzene rings is 1. The lowest BCUT2D eigenvalue weighted by atomic mass is 9.72. The van der Waals surface area contributed by atoms with Gasteiger partial charge in [0.25, 0.3) is 0 Å². The van der Waals surface area contributed by atoms with Gasteiger partial charge in [0.2, 0.25) is 5.91 Å². The molecule has 4 nitrogen and oxygen atoms in total. The molecule has 3 rings (SSSR count). The SMILES string of the molecule is O=C1NCC2(CCCCC2)C(=O)N1c1ccc(Cl)c(Cl)c1. The molecule has 2 fully saturated rings. The molecule has 3 amide bonds. The van der Waals surface area contributed by atoms with Crippen molar-refractivity contribution in [3.63, 3.8) is 0 Å². The number of halogens is 2. The van der Waals surface area contributed by atoms with E-state index in [0.29, 0.717) is 22.3 Å². The van der Waals surface area contributed by atoms with Crippen LogP contribution < -0.4 is 10.2 Å². The minimum atomic E-state index is -0.460. The fourth-order valence-electron chi connectivity index (χ4n) is 3.21. The summed E-state index contributed by atoms with van der Waals surface area (Å²) >= 11 is 11.9. The van der Waals surface area contributed by atoms with Gasteiger partial charge in [-0.15, -0.1) is 0 Å². The first-order valence-electron chi connectivity index (χ1n) is 7.11. The van der Waals surface area contributed by atoms with Gasteiger partial charge in [-0.25, -0.2) is 9.69 Å². The molecule has 21 heavy (non-hydrogen) atoms. The predicted octanol–water partition coefficient (Wildman–Crippen LogP) is 4.00. The Balaban J connectivity index is 1.97. The lowest BCUT2D eigenvalue weighted by molar-refractivity contribution is -0.130. The first kappa shape index (κ1) is 14.7. The predicted molar refractivity (Wildman–Crippen MR) is 82.9 cm³/mol. The highest BCUT2D eigenvalue weighted by Gasteiger charge is 2.48. The van der Waals surface area contributed by atoms with Crippen molar-refractivity contribution in [3.05, 3.63) is 28.2 Å². The van der Waals surface area contributed by atoms with Gasteiger partial charge < -0.3 is 5.32 Å². The van der Waals surface area contributed by atoms with E-state index in [-0.39, 0.29) is 5.91 Å². The molecule has 1 aromatic carbocycles. The molecule has 0 atom stereocenters. The highest BCUT2D eigenvalue weighted by atomic mass is 35.5. The number of rotatable bonds is 1. The molecule has 1 N–H and O–H groups in total. The lowest BCUT2D eigenvalue weighted by Crippen LogP contribution is -2.61. The topological polar surface area (TPSA) is 49.4 Å². The van der Waals surface area contributed by atoms with Gasteiger partial charge in [-0.2, -0.15) is 0 Å². The number of amides is 3. The fraction of sp³-hybridized carbons (Fsp3) is 0.467. The smallest absolute Gasteiger partial charge is 0.328 e. The maximum atomic E-state index is 12.9. The minimum absolute atomic E-state index is 0.121. The maximum Gasteiger partial charge on any atom is 0.328 e. The van der Waals surface area contributed by atoms with Crippen molar-refractivity contribution in [2.75, 3.05) is 11.4 Å². The van der Waals surface area contributed by atoms with Crippen LogP contribution in [0.25, 0.3) is 0 Å². The molecular formula is C15H16Cl2N2O2. The fourth-order valence-corrected chi connectivity index (χ4v) is 3.50. The van der Waals surface area contributed by atoms with Crippen LogP contribution >= 0.6 is 23.2 Å². The number of hydrogen-bond donors (Lipinski definition) is 1. The van der Waals surface area contributed by atoms with Crippen molar-refractivity contribution in [2.45, 2.75) is 32.1 Å². The molecule has 1 aliphatic carbocycles. The third-order valence-corrected chi connectivity index (χ3v) is 5.15. The normalized spacial score (nSPS) is 21.5. The summed E-state index contributed by atoms with van der Waals surface area (Å²) in [5.41, 5.74) is 0.00898. The second kappa shape index (κ2) is 5.50. The zero-order valence-electron chi connectivity index (χ0n) is 11.5. The Labute approximate surface area is 133 Å². The number of nitrogens with zero attached hydrogens (tertiary/aromatic N) is 1. The summed E-state index contributed by atoms with van der Waals surface area (Å²) in [6.45, 7) is 0.433. The number of carbonyl (C=O) groups excluding carboxylic acids is 2. The first-order valence-corrected chi connectivity index (χ1v) is 7.87. The highest BCUT2D eigenvalue weighted by molar-refractivity contribution is 6.42. The van der Waals surface area contributed by atoms with Crippen LogP contribution in [0.15, 0.2) is 18.2 Å². The van der Waals surface area contributed by atoms with Gasteiger partial charge in [-0.05, 0) is 31.0 Å². The third-order valence-electron chi connectivity index (χ3n) is 4.41. The van der Waals surface area contributed by atoms with Crippen LogP contribution in [0.5, 0.6) is 0 Å². The summed E-state index contributed by atoms with van der Waals surface area (Å²) in [5, 5.41) is 3.58. The number of nitrogens with one attached hydrogen (secondary N) is 1. The van der Waals surface area contributed by atoms with Gasteiger partial charge in [-0.3, -0.25) is 4.79 Å². The third kappa shape index (κ3) is 2.51. The monoisotopic (exact) mass is 326 g/mol. The van der Waals surface area contributed by atoms with Crippen molar-refractivity contribution in [1.29, 1.82) is 0 Å². The number of anilines is 1. The molecule has 0 unspecified atom stereocenters. The van der Waals surface area contributed by atoms with Crippen LogP contribution in [0, 0.1) is 5.41 Å². The summed E-state index contributed by atoms with van der Waals surface area (Å²) in [4.78, 5) is 26.2. The van der Waals surface area contributed by atoms with E-state index in [4.69, 9.17) is 23.2 Å². The average molecular weight is 327 g/mol. The summed E-state index contributed by atoms with van der Waals surface area (Å²) in [6, 6.07) is 4.41. The van der Waals surface area contributed by atoms with Gasteiger partial charge >= 0.3 is 6.03 Å². The van der Waals surface area contributed by atoms with Crippen molar-refractivity contribution in [1.82, 2.24) is 5.32 Å². The molecule has 1 aliphatic heterocycles. The first-order chi connectivity index (χ1) is 10.0. The Hall–Kier alpha value is -1.26. The van der Waals surface area contributed by atoms with E-state index in [1.54, 1.807) is 18.2 Å². The van der Waals surface area contributed by atoms with Crippen LogP contribution in [0.1, 0.15) is 32.1 Å². The molecule has 1 saturated heterocycles. The Bertz CT molecular complexity index is 597. The molecule has 1 spiro atoms. The van der Waals surface area contributed by atoms with Gasteiger partial charge in [-0.1, -0.05) is 42.5 Å². The molecule has 1 aromatic rings. The second-order valence-electron chi connectivity index (χ2n) is 5.74. The molecule has 0 radical (unpaired) electrons. The average Bonchev–Trinajstić information content (AvgIpc) is 2.49. The van der Waals surface area contributed by atoms with E-state index >= 15 is 0 Å². The number of carbonyl (C=O) groups is 2. The van der Waals surface area contributed by atoms with Gasteiger partial charge in [0, 0.05) is 6.54 Å². The zero-order chi connectivity index (χ0) is 15.0. The van der Waals surface area contributed by atoms with Gasteiger partial charge in [0.05, 0.1) is 21.1 Å². The van der Waals surface area contributed by atoms with E-state index in [2.05, 4.69) is 5.32 Å². The Morgan fingerprint density at radius 1 is 1.05 bits per heavy atom. The van der Waals surface area contributed by atoms with Crippen LogP contribution in [-0.4, -0.2) is 18.5 Å². The summed E-state index contributed by atoms with van der Waals surface area (Å²) in [7, 11) is 0. The van der Waals surface area contributed by atoms with E-state index in [1.807, 2.05) is 0 Å². The van der Waals surface area contributed by atoms with E-state index in [1.165, 1.54) is 4.90 Å². The molecular weight excluding hydrogens is 311 g/mol. The van der Waals surface area contributed by atoms with Crippen molar-refractivity contribution in [3.8, 4) is 0 Å². The van der Waals surface area contributed by atoms with Crippen molar-refractivity contribution >= 4 is 40.8 Å². The van der Waals surface area contributed by atoms with Crippen molar-refractivity contribution in [2.24, 2.45) is 5.41 Å². The highest BCUT2D eigenvalue weighted by Crippen LogP contribution is 2.41. The number of hydrogen-bond acceptors (Lipinski definition) is 2. The second-order valence-corrected chi connectivity index (χ2v) is 6.55. The molecule has 6 heteroatoms. The standard InChI is InChI=1S/C15H16Cl2N2O2/c16-11-5-4-10(8-12(11)17)19-13(20)15(9-18-14(19)21)6-2-1-3-7-15/h4-5,8H,1-3,6-7,9H2,(H,18,21).